The number of carbonyl (C=O) groups excluding carboxylic acids is 3. The van der Waals surface area contributed by atoms with Crippen LogP contribution >= 0.6 is 0 Å². The highest BCUT2D eigenvalue weighted by Crippen LogP contribution is 2.33. The van der Waals surface area contributed by atoms with Gasteiger partial charge in [-0.25, -0.2) is 4.79 Å². The van der Waals surface area contributed by atoms with E-state index in [4.69, 9.17) is 23.7 Å². The maximum absolute atomic E-state index is 14.8. The Morgan fingerprint density at radius 1 is 0.976 bits per heavy atom. The number of rotatable bonds is 13. The predicted molar refractivity (Wildman–Crippen MR) is 145 cm³/mol. The van der Waals surface area contributed by atoms with Crippen LogP contribution in [0.25, 0.3) is 0 Å². The Bertz CT molecular complexity index is 1420. The van der Waals surface area contributed by atoms with Crippen LogP contribution in [0.15, 0.2) is 34.0 Å². The normalized spacial score (nSPS) is 19.1. The molecule has 12 nitrogen and oxygen atoms in total. The van der Waals surface area contributed by atoms with Crippen molar-refractivity contribution in [2.24, 2.45) is 0 Å². The molecule has 1 aromatic carbocycles. The van der Waals surface area contributed by atoms with Crippen molar-refractivity contribution in [1.82, 2.24) is 9.13 Å². The molecular formula is C29H35FN2O10. The molecule has 0 saturated carbocycles. The quantitative estimate of drug-likeness (QED) is 0.251. The van der Waals surface area contributed by atoms with Gasteiger partial charge in [-0.3, -0.25) is 23.7 Å². The van der Waals surface area contributed by atoms with Crippen molar-refractivity contribution < 1.29 is 42.5 Å². The second kappa shape index (κ2) is 14.3. The second-order valence-electron chi connectivity index (χ2n) is 10.2. The van der Waals surface area contributed by atoms with E-state index in [1.54, 1.807) is 0 Å². The highest BCUT2D eigenvalue weighted by Gasteiger charge is 2.41. The molecule has 13 heteroatoms. The van der Waals surface area contributed by atoms with Gasteiger partial charge in [0, 0.05) is 24.8 Å². The van der Waals surface area contributed by atoms with Crippen LogP contribution in [0.4, 0.5) is 4.39 Å². The molecule has 3 atom stereocenters. The van der Waals surface area contributed by atoms with Gasteiger partial charge in [-0.05, 0) is 31.0 Å². The fourth-order valence-electron chi connectivity index (χ4n) is 4.74. The van der Waals surface area contributed by atoms with Crippen molar-refractivity contribution in [3.8, 4) is 11.5 Å². The van der Waals surface area contributed by atoms with Crippen LogP contribution in [0.3, 0.4) is 0 Å². The molecule has 4 rings (SSSR count). The minimum absolute atomic E-state index is 0.0573. The topological polar surface area (TPSA) is 141 Å². The largest absolute Gasteiger partial charge is 0.463 e. The van der Waals surface area contributed by atoms with E-state index in [2.05, 4.69) is 0 Å². The van der Waals surface area contributed by atoms with E-state index >= 15 is 0 Å². The summed E-state index contributed by atoms with van der Waals surface area (Å²) in [6.45, 7) is 3.69. The van der Waals surface area contributed by atoms with Gasteiger partial charge >= 0.3 is 17.6 Å². The SMILES string of the molecule is CCCCCC(=O)OC[C@H]1O[C@@H](n2cc(F)c(=O)n(C(=O)c3ccc4c(c3)OCO4)c2=O)C[C@@H]1OC(=O)CCCCC. The first-order chi connectivity index (χ1) is 20.2. The maximum atomic E-state index is 14.8. The Balaban J connectivity index is 1.57. The summed E-state index contributed by atoms with van der Waals surface area (Å²) in [5.74, 6) is -2.77. The van der Waals surface area contributed by atoms with Crippen molar-refractivity contribution >= 4 is 17.8 Å². The standard InChI is InChI=1S/C29H35FN2O10/c1-3-5-7-9-25(33)38-16-23-22(42-26(34)10-8-6-4-2)14-24(41-23)31-15-19(30)28(36)32(29(31)37)27(35)18-11-12-20-21(13-18)40-17-39-20/h11-13,15,22-24H,3-10,14,16-17H2,1-2H3/t22-,23+,24+/m0/s1. The smallest absolute Gasteiger partial charge is 0.340 e. The van der Waals surface area contributed by atoms with E-state index in [0.717, 1.165) is 30.3 Å². The minimum atomic E-state index is -1.44. The lowest BCUT2D eigenvalue weighted by molar-refractivity contribution is -0.158. The molecule has 0 unspecified atom stereocenters. The van der Waals surface area contributed by atoms with Gasteiger partial charge in [-0.1, -0.05) is 39.5 Å². The average molecular weight is 591 g/mol. The summed E-state index contributed by atoms with van der Waals surface area (Å²) < 4.78 is 43.1. The molecule has 1 saturated heterocycles. The Hall–Kier alpha value is -4.00. The molecule has 3 heterocycles. The number of hydrogen-bond acceptors (Lipinski definition) is 10. The Morgan fingerprint density at radius 3 is 2.38 bits per heavy atom. The number of fused-ring (bicyclic) bond motifs is 1. The predicted octanol–water partition coefficient (Wildman–Crippen LogP) is 3.47. The molecule has 0 aliphatic carbocycles. The number of carbonyl (C=O) groups is 3. The number of hydrogen-bond donors (Lipinski definition) is 0. The van der Waals surface area contributed by atoms with Crippen molar-refractivity contribution in [2.45, 2.75) is 90.1 Å². The van der Waals surface area contributed by atoms with E-state index in [1.165, 1.54) is 18.2 Å². The summed E-state index contributed by atoms with van der Waals surface area (Å²) in [5.41, 5.74) is -2.69. The zero-order valence-electron chi connectivity index (χ0n) is 23.7. The number of unbranched alkanes of at least 4 members (excludes halogenated alkanes) is 4. The van der Waals surface area contributed by atoms with E-state index in [-0.39, 0.29) is 48.5 Å². The van der Waals surface area contributed by atoms with Crippen LogP contribution in [-0.4, -0.2) is 52.6 Å². The van der Waals surface area contributed by atoms with Crippen LogP contribution in [0.5, 0.6) is 11.5 Å². The Morgan fingerprint density at radius 2 is 1.67 bits per heavy atom. The van der Waals surface area contributed by atoms with Crippen LogP contribution < -0.4 is 20.7 Å². The summed E-state index contributed by atoms with van der Waals surface area (Å²) in [6, 6.07) is 4.05. The lowest BCUT2D eigenvalue weighted by Gasteiger charge is -2.19. The fraction of sp³-hybridized carbons (Fsp3) is 0.552. The Labute approximate surface area is 241 Å². The number of aromatic nitrogens is 2. The van der Waals surface area contributed by atoms with Gasteiger partial charge in [0.15, 0.2) is 11.5 Å². The molecule has 0 radical (unpaired) electrons. The van der Waals surface area contributed by atoms with E-state index in [9.17, 15) is 28.4 Å². The second-order valence-corrected chi connectivity index (χ2v) is 10.2. The molecule has 0 bridgehead atoms. The highest BCUT2D eigenvalue weighted by atomic mass is 19.1. The first-order valence-electron chi connectivity index (χ1n) is 14.2. The van der Waals surface area contributed by atoms with E-state index in [0.29, 0.717) is 24.8 Å². The summed E-state index contributed by atoms with van der Waals surface area (Å²) in [4.78, 5) is 63.9. The highest BCUT2D eigenvalue weighted by molar-refractivity contribution is 5.96. The molecule has 0 spiro atoms. The van der Waals surface area contributed by atoms with Crippen molar-refractivity contribution in [3.05, 3.63) is 56.6 Å². The number of nitrogens with zero attached hydrogens (tertiary/aromatic N) is 2. The fourth-order valence-corrected chi connectivity index (χ4v) is 4.74. The third kappa shape index (κ3) is 7.25. The van der Waals surface area contributed by atoms with Gasteiger partial charge in [0.05, 0.1) is 6.20 Å². The van der Waals surface area contributed by atoms with Crippen LogP contribution in [0.2, 0.25) is 0 Å². The van der Waals surface area contributed by atoms with Crippen molar-refractivity contribution in [2.75, 3.05) is 13.4 Å². The molecule has 0 N–H and O–H groups in total. The van der Waals surface area contributed by atoms with Gasteiger partial charge in [-0.15, -0.1) is 0 Å². The van der Waals surface area contributed by atoms with Gasteiger partial charge in [-0.2, -0.15) is 8.96 Å². The monoisotopic (exact) mass is 590 g/mol. The summed E-state index contributed by atoms with van der Waals surface area (Å²) in [7, 11) is 0. The number of halogens is 1. The molecule has 1 aromatic heterocycles. The maximum Gasteiger partial charge on any atom is 0.340 e. The minimum Gasteiger partial charge on any atom is -0.463 e. The zero-order valence-corrected chi connectivity index (χ0v) is 23.7. The third-order valence-electron chi connectivity index (χ3n) is 7.05. The molecule has 2 aliphatic rings. The Kier molecular flexibility index (Phi) is 10.5. The van der Waals surface area contributed by atoms with E-state index in [1.807, 2.05) is 13.8 Å². The molecule has 0 amide bonds. The number of esters is 2. The molecule has 2 aliphatic heterocycles. The van der Waals surface area contributed by atoms with Crippen molar-refractivity contribution in [3.63, 3.8) is 0 Å². The van der Waals surface area contributed by atoms with Gasteiger partial charge in [0.2, 0.25) is 12.6 Å². The van der Waals surface area contributed by atoms with E-state index < -0.39 is 53.3 Å². The van der Waals surface area contributed by atoms with Crippen LogP contribution in [-0.2, 0) is 23.8 Å². The van der Waals surface area contributed by atoms with Gasteiger partial charge in [0.1, 0.15) is 25.0 Å². The average Bonchev–Trinajstić information content (AvgIpc) is 3.60. The third-order valence-corrected chi connectivity index (χ3v) is 7.05. The molecule has 1 fully saturated rings. The zero-order chi connectivity index (χ0) is 30.2. The first-order valence-corrected chi connectivity index (χ1v) is 14.2. The molecule has 2 aromatic rings. The van der Waals surface area contributed by atoms with Gasteiger partial charge < -0.3 is 23.7 Å². The van der Waals surface area contributed by atoms with Crippen LogP contribution in [0, 0.1) is 5.82 Å². The summed E-state index contributed by atoms with van der Waals surface area (Å²) in [6.07, 6.45) is 2.66. The number of ether oxygens (including phenoxy) is 5. The molecule has 42 heavy (non-hydrogen) atoms. The van der Waals surface area contributed by atoms with Crippen molar-refractivity contribution in [1.29, 1.82) is 0 Å². The summed E-state index contributed by atoms with van der Waals surface area (Å²) in [5, 5.41) is 0. The van der Waals surface area contributed by atoms with Gasteiger partial charge in [0.25, 0.3) is 11.5 Å². The first kappa shape index (κ1) is 30.9. The molecular weight excluding hydrogens is 555 g/mol. The lowest BCUT2D eigenvalue weighted by Crippen LogP contribution is -2.46. The molecule has 228 valence electrons. The number of benzene rings is 1. The van der Waals surface area contributed by atoms with Crippen LogP contribution in [0.1, 0.15) is 88.2 Å². The summed E-state index contributed by atoms with van der Waals surface area (Å²) >= 11 is 0. The lowest BCUT2D eigenvalue weighted by atomic mass is 10.1.